The standard InChI is InChI=1S/C20H19F3N2O3/c1-28-15-8-6-13(7-9-15)11-25-12-14(10-18(25)26)19(27)24-17-5-3-2-4-16(17)20(21,22)23/h2-9,14H,10-12H2,1H3,(H,24,27). The van der Waals surface area contributed by atoms with E-state index in [0.29, 0.717) is 12.3 Å². The van der Waals surface area contributed by atoms with Crippen LogP contribution in [0.3, 0.4) is 0 Å². The van der Waals surface area contributed by atoms with Crippen LogP contribution in [0.15, 0.2) is 48.5 Å². The van der Waals surface area contributed by atoms with E-state index in [4.69, 9.17) is 4.74 Å². The lowest BCUT2D eigenvalue weighted by atomic mass is 10.1. The second-order valence-electron chi connectivity index (χ2n) is 6.56. The van der Waals surface area contributed by atoms with Crippen LogP contribution < -0.4 is 10.1 Å². The van der Waals surface area contributed by atoms with Gasteiger partial charge in [-0.2, -0.15) is 13.2 Å². The normalized spacial score (nSPS) is 16.9. The molecule has 28 heavy (non-hydrogen) atoms. The minimum atomic E-state index is -4.57. The van der Waals surface area contributed by atoms with Crippen molar-refractivity contribution in [1.82, 2.24) is 4.90 Å². The van der Waals surface area contributed by atoms with Crippen molar-refractivity contribution in [2.45, 2.75) is 19.1 Å². The van der Waals surface area contributed by atoms with Crippen LogP contribution in [0.4, 0.5) is 18.9 Å². The van der Waals surface area contributed by atoms with Crippen LogP contribution >= 0.6 is 0 Å². The maximum atomic E-state index is 13.1. The first-order chi connectivity index (χ1) is 13.3. The first-order valence-electron chi connectivity index (χ1n) is 8.65. The molecular weight excluding hydrogens is 373 g/mol. The Labute approximate surface area is 160 Å². The molecule has 0 bridgehead atoms. The van der Waals surface area contributed by atoms with E-state index in [1.807, 2.05) is 12.1 Å². The third-order valence-corrected chi connectivity index (χ3v) is 4.61. The molecule has 0 spiro atoms. The first-order valence-corrected chi connectivity index (χ1v) is 8.65. The molecule has 0 aliphatic carbocycles. The molecule has 3 rings (SSSR count). The summed E-state index contributed by atoms with van der Waals surface area (Å²) in [6.07, 6.45) is -4.61. The van der Waals surface area contributed by atoms with E-state index >= 15 is 0 Å². The van der Waals surface area contributed by atoms with E-state index in [-0.39, 0.29) is 24.6 Å². The number of methoxy groups -OCH3 is 1. The van der Waals surface area contributed by atoms with Crippen molar-refractivity contribution in [3.63, 3.8) is 0 Å². The smallest absolute Gasteiger partial charge is 0.418 e. The van der Waals surface area contributed by atoms with Gasteiger partial charge < -0.3 is 15.0 Å². The summed E-state index contributed by atoms with van der Waals surface area (Å²) in [6, 6.07) is 12.0. The second-order valence-corrected chi connectivity index (χ2v) is 6.56. The molecule has 1 unspecified atom stereocenters. The average molecular weight is 392 g/mol. The molecule has 2 aromatic carbocycles. The number of carbonyl (C=O) groups is 2. The Balaban J connectivity index is 1.65. The van der Waals surface area contributed by atoms with Gasteiger partial charge in [-0.05, 0) is 29.8 Å². The van der Waals surface area contributed by atoms with Crippen LogP contribution in [-0.2, 0) is 22.3 Å². The van der Waals surface area contributed by atoms with Gasteiger partial charge in [-0.3, -0.25) is 9.59 Å². The molecule has 5 nitrogen and oxygen atoms in total. The number of alkyl halides is 3. The zero-order valence-electron chi connectivity index (χ0n) is 15.1. The maximum absolute atomic E-state index is 13.1. The molecular formula is C20H19F3N2O3. The Morgan fingerprint density at radius 3 is 2.50 bits per heavy atom. The van der Waals surface area contributed by atoms with Gasteiger partial charge in [-0.1, -0.05) is 24.3 Å². The predicted octanol–water partition coefficient (Wildman–Crippen LogP) is 3.70. The highest BCUT2D eigenvalue weighted by molar-refractivity contribution is 5.97. The van der Waals surface area contributed by atoms with Gasteiger partial charge in [0.15, 0.2) is 0 Å². The third-order valence-electron chi connectivity index (χ3n) is 4.61. The van der Waals surface area contributed by atoms with Gasteiger partial charge in [0.2, 0.25) is 11.8 Å². The summed E-state index contributed by atoms with van der Waals surface area (Å²) in [5, 5.41) is 2.32. The molecule has 148 valence electrons. The fourth-order valence-electron chi connectivity index (χ4n) is 3.13. The van der Waals surface area contributed by atoms with Crippen LogP contribution in [0, 0.1) is 5.92 Å². The predicted molar refractivity (Wildman–Crippen MR) is 96.6 cm³/mol. The van der Waals surface area contributed by atoms with Gasteiger partial charge in [0, 0.05) is 19.5 Å². The topological polar surface area (TPSA) is 58.6 Å². The van der Waals surface area contributed by atoms with Crippen molar-refractivity contribution in [3.8, 4) is 5.75 Å². The molecule has 2 amide bonds. The van der Waals surface area contributed by atoms with E-state index in [0.717, 1.165) is 11.6 Å². The summed E-state index contributed by atoms with van der Waals surface area (Å²) in [5.74, 6) is -0.813. The lowest BCUT2D eigenvalue weighted by Crippen LogP contribution is -2.28. The number of para-hydroxylation sites is 1. The summed E-state index contributed by atoms with van der Waals surface area (Å²) in [7, 11) is 1.55. The van der Waals surface area contributed by atoms with Gasteiger partial charge in [-0.15, -0.1) is 0 Å². The van der Waals surface area contributed by atoms with Gasteiger partial charge in [0.05, 0.1) is 24.3 Å². The fourth-order valence-corrected chi connectivity index (χ4v) is 3.13. The number of ether oxygens (including phenoxy) is 1. The number of nitrogens with one attached hydrogen (secondary N) is 1. The fraction of sp³-hybridized carbons (Fsp3) is 0.300. The molecule has 1 atom stereocenters. The van der Waals surface area contributed by atoms with E-state index in [2.05, 4.69) is 5.32 Å². The summed E-state index contributed by atoms with van der Waals surface area (Å²) in [4.78, 5) is 26.2. The maximum Gasteiger partial charge on any atom is 0.418 e. The van der Waals surface area contributed by atoms with Crippen molar-refractivity contribution in [3.05, 3.63) is 59.7 Å². The molecule has 0 aromatic heterocycles. The van der Waals surface area contributed by atoms with E-state index in [1.54, 1.807) is 19.2 Å². The second kappa shape index (κ2) is 7.92. The molecule has 2 aromatic rings. The summed E-state index contributed by atoms with van der Waals surface area (Å²) in [6.45, 7) is 0.483. The molecule has 1 heterocycles. The highest BCUT2D eigenvalue weighted by Crippen LogP contribution is 2.35. The minimum Gasteiger partial charge on any atom is -0.497 e. The molecule has 1 aliphatic rings. The number of benzene rings is 2. The van der Waals surface area contributed by atoms with Crippen LogP contribution in [0.2, 0.25) is 0 Å². The quantitative estimate of drug-likeness (QED) is 0.844. The Morgan fingerprint density at radius 2 is 1.86 bits per heavy atom. The molecule has 0 radical (unpaired) electrons. The summed E-state index contributed by atoms with van der Waals surface area (Å²) in [5.41, 5.74) is -0.346. The molecule has 8 heteroatoms. The van der Waals surface area contributed by atoms with Crippen LogP contribution in [0.25, 0.3) is 0 Å². The Hall–Kier alpha value is -3.03. The molecule has 1 aliphatic heterocycles. The Bertz CT molecular complexity index is 866. The summed E-state index contributed by atoms with van der Waals surface area (Å²) < 4.78 is 44.3. The lowest BCUT2D eigenvalue weighted by Gasteiger charge is -2.18. The average Bonchev–Trinajstić information content (AvgIpc) is 3.02. The highest BCUT2D eigenvalue weighted by Gasteiger charge is 2.37. The zero-order chi connectivity index (χ0) is 20.3. The Morgan fingerprint density at radius 1 is 1.18 bits per heavy atom. The lowest BCUT2D eigenvalue weighted by molar-refractivity contribution is -0.137. The number of hydrogen-bond acceptors (Lipinski definition) is 3. The molecule has 0 saturated carbocycles. The van der Waals surface area contributed by atoms with Gasteiger partial charge in [0.1, 0.15) is 5.75 Å². The molecule has 1 fully saturated rings. The van der Waals surface area contributed by atoms with Crippen LogP contribution in [0.5, 0.6) is 5.75 Å². The Kier molecular flexibility index (Phi) is 5.58. The van der Waals surface area contributed by atoms with Gasteiger partial charge in [0.25, 0.3) is 0 Å². The number of halogens is 3. The van der Waals surface area contributed by atoms with Crippen molar-refractivity contribution >= 4 is 17.5 Å². The van der Waals surface area contributed by atoms with E-state index in [1.165, 1.54) is 23.1 Å². The number of anilines is 1. The molecule has 1 saturated heterocycles. The van der Waals surface area contributed by atoms with Crippen LogP contribution in [0.1, 0.15) is 17.5 Å². The largest absolute Gasteiger partial charge is 0.497 e. The third kappa shape index (κ3) is 4.44. The number of hydrogen-bond donors (Lipinski definition) is 1. The monoisotopic (exact) mass is 392 g/mol. The van der Waals surface area contributed by atoms with E-state index in [9.17, 15) is 22.8 Å². The van der Waals surface area contributed by atoms with Gasteiger partial charge in [-0.25, -0.2) is 0 Å². The number of likely N-dealkylation sites (tertiary alicyclic amines) is 1. The highest BCUT2D eigenvalue weighted by atomic mass is 19.4. The van der Waals surface area contributed by atoms with E-state index < -0.39 is 23.6 Å². The summed E-state index contributed by atoms with van der Waals surface area (Å²) >= 11 is 0. The first kappa shape index (κ1) is 19.7. The van der Waals surface area contributed by atoms with Crippen molar-refractivity contribution in [2.24, 2.45) is 5.92 Å². The number of nitrogens with zero attached hydrogens (tertiary/aromatic N) is 1. The van der Waals surface area contributed by atoms with Crippen LogP contribution in [-0.4, -0.2) is 30.4 Å². The number of amides is 2. The number of rotatable bonds is 5. The zero-order valence-corrected chi connectivity index (χ0v) is 15.1. The molecule has 1 N–H and O–H groups in total. The SMILES string of the molecule is COc1ccc(CN2CC(C(=O)Nc3ccccc3C(F)(F)F)CC2=O)cc1. The van der Waals surface area contributed by atoms with Crippen molar-refractivity contribution in [1.29, 1.82) is 0 Å². The minimum absolute atomic E-state index is 0.0316. The van der Waals surface area contributed by atoms with Gasteiger partial charge >= 0.3 is 6.18 Å². The van der Waals surface area contributed by atoms with Crippen molar-refractivity contribution in [2.75, 3.05) is 19.0 Å². The van der Waals surface area contributed by atoms with Crippen molar-refractivity contribution < 1.29 is 27.5 Å². The number of carbonyl (C=O) groups excluding carboxylic acids is 2.